The summed E-state index contributed by atoms with van der Waals surface area (Å²) in [6.07, 6.45) is 9.41. The maximum atomic E-state index is 4.62. The molecule has 8 heteroatoms. The Balaban J connectivity index is 1.44. The second-order valence-corrected chi connectivity index (χ2v) is 8.81. The Morgan fingerprint density at radius 2 is 1.88 bits per heavy atom. The van der Waals surface area contributed by atoms with E-state index in [2.05, 4.69) is 78.1 Å². The molecule has 0 radical (unpaired) electrons. The maximum absolute atomic E-state index is 4.62. The zero-order chi connectivity index (χ0) is 22.2. The van der Waals surface area contributed by atoms with Crippen molar-refractivity contribution in [3.63, 3.8) is 0 Å². The summed E-state index contributed by atoms with van der Waals surface area (Å²) in [6, 6.07) is 10.6. The van der Waals surface area contributed by atoms with Crippen LogP contribution in [0.15, 0.2) is 66.7 Å². The Kier molecular flexibility index (Phi) is 4.93. The lowest BCUT2D eigenvalue weighted by Crippen LogP contribution is -2.11. The molecule has 0 aromatic carbocycles. The summed E-state index contributed by atoms with van der Waals surface area (Å²) in [5.41, 5.74) is 7.81. The lowest BCUT2D eigenvalue weighted by Gasteiger charge is -2.05. The van der Waals surface area contributed by atoms with E-state index >= 15 is 0 Å². The van der Waals surface area contributed by atoms with E-state index in [0.29, 0.717) is 0 Å². The molecule has 0 aliphatic heterocycles. The van der Waals surface area contributed by atoms with Crippen LogP contribution < -0.4 is 5.32 Å². The molecule has 0 bridgehead atoms. The van der Waals surface area contributed by atoms with Gasteiger partial charge in [0.2, 0.25) is 0 Å². The van der Waals surface area contributed by atoms with Crippen molar-refractivity contribution < 1.29 is 0 Å². The van der Waals surface area contributed by atoms with E-state index in [1.54, 1.807) is 11.3 Å². The van der Waals surface area contributed by atoms with Crippen molar-refractivity contribution in [2.75, 3.05) is 6.54 Å². The molecule has 6 aromatic rings. The normalized spacial score (nSPS) is 11.5. The highest BCUT2D eigenvalue weighted by Crippen LogP contribution is 2.35. The van der Waals surface area contributed by atoms with E-state index in [4.69, 9.17) is 0 Å². The van der Waals surface area contributed by atoms with Crippen molar-refractivity contribution in [3.8, 4) is 33.0 Å². The fraction of sp³-hybridized carbons (Fsp3) is 0.120. The largest absolute Gasteiger partial charge is 0.352 e. The molecule has 0 amide bonds. The van der Waals surface area contributed by atoms with Gasteiger partial charge in [0.05, 0.1) is 17.4 Å². The van der Waals surface area contributed by atoms with Gasteiger partial charge in [-0.05, 0) is 41.8 Å². The van der Waals surface area contributed by atoms with E-state index in [1.165, 1.54) is 4.88 Å². The molecule has 162 valence electrons. The van der Waals surface area contributed by atoms with E-state index < -0.39 is 0 Å². The van der Waals surface area contributed by atoms with Crippen LogP contribution in [-0.4, -0.2) is 36.7 Å². The standard InChI is InChI=1S/C25H21N7S/c1-2-26-9-15-6-16(11-27-10-15)17-7-19-24(31-32-25(19)29-12-17)21-8-18-20(23-4-3-5-33-23)13-28-14-22(18)30-21/h3-8,10-14,26,30H,2,9H2,1H3,(H,29,31,32). The average molecular weight is 452 g/mol. The molecule has 7 nitrogen and oxygen atoms in total. The fourth-order valence-corrected chi connectivity index (χ4v) is 4.84. The van der Waals surface area contributed by atoms with Crippen molar-refractivity contribution in [2.45, 2.75) is 13.5 Å². The van der Waals surface area contributed by atoms with E-state index in [9.17, 15) is 0 Å². The Morgan fingerprint density at radius 3 is 2.76 bits per heavy atom. The second kappa shape index (κ2) is 8.23. The highest BCUT2D eigenvalue weighted by atomic mass is 32.1. The number of nitrogens with zero attached hydrogens (tertiary/aromatic N) is 4. The summed E-state index contributed by atoms with van der Waals surface area (Å²) < 4.78 is 0. The minimum atomic E-state index is 0.751. The van der Waals surface area contributed by atoms with Crippen molar-refractivity contribution in [2.24, 2.45) is 0 Å². The van der Waals surface area contributed by atoms with Gasteiger partial charge in [0.1, 0.15) is 5.69 Å². The van der Waals surface area contributed by atoms with Crippen LogP contribution in [0.5, 0.6) is 0 Å². The van der Waals surface area contributed by atoms with Crippen LogP contribution in [0, 0.1) is 0 Å². The Morgan fingerprint density at radius 1 is 0.970 bits per heavy atom. The molecule has 0 unspecified atom stereocenters. The van der Waals surface area contributed by atoms with Crippen molar-refractivity contribution in [1.82, 2.24) is 35.5 Å². The lowest BCUT2D eigenvalue weighted by molar-refractivity contribution is 0.724. The third-order valence-electron chi connectivity index (χ3n) is 5.71. The van der Waals surface area contributed by atoms with Crippen LogP contribution in [0.3, 0.4) is 0 Å². The summed E-state index contributed by atoms with van der Waals surface area (Å²) in [5, 5.41) is 15.2. The number of fused-ring (bicyclic) bond motifs is 2. The number of aromatic nitrogens is 6. The molecule has 0 spiro atoms. The number of H-pyrrole nitrogens is 2. The maximum Gasteiger partial charge on any atom is 0.155 e. The summed E-state index contributed by atoms with van der Waals surface area (Å²) in [4.78, 5) is 18.2. The predicted molar refractivity (Wildman–Crippen MR) is 133 cm³/mol. The molecule has 0 saturated carbocycles. The Bertz CT molecular complexity index is 1560. The number of nitrogens with one attached hydrogen (secondary N) is 3. The number of rotatable bonds is 6. The van der Waals surface area contributed by atoms with Gasteiger partial charge in [-0.25, -0.2) is 4.98 Å². The molecule has 0 fully saturated rings. The van der Waals surface area contributed by atoms with Gasteiger partial charge < -0.3 is 10.3 Å². The van der Waals surface area contributed by atoms with Crippen LogP contribution in [0.1, 0.15) is 12.5 Å². The van der Waals surface area contributed by atoms with Crippen molar-refractivity contribution in [1.29, 1.82) is 0 Å². The number of aromatic amines is 2. The van der Waals surface area contributed by atoms with Crippen molar-refractivity contribution in [3.05, 3.63) is 72.3 Å². The van der Waals surface area contributed by atoms with Gasteiger partial charge >= 0.3 is 0 Å². The fourth-order valence-electron chi connectivity index (χ4n) is 4.08. The van der Waals surface area contributed by atoms with Gasteiger partial charge in [0, 0.05) is 63.7 Å². The summed E-state index contributed by atoms with van der Waals surface area (Å²) in [6.45, 7) is 3.81. The molecule has 0 aliphatic rings. The molecule has 0 atom stereocenters. The van der Waals surface area contributed by atoms with Gasteiger partial charge in [0.15, 0.2) is 5.65 Å². The lowest BCUT2D eigenvalue weighted by atomic mass is 10.1. The third-order valence-corrected chi connectivity index (χ3v) is 6.61. The Labute approximate surface area is 194 Å². The van der Waals surface area contributed by atoms with Gasteiger partial charge in [0.25, 0.3) is 0 Å². The molecular formula is C25H21N7S. The number of thiophene rings is 1. The smallest absolute Gasteiger partial charge is 0.155 e. The molecule has 6 aromatic heterocycles. The molecule has 0 aliphatic carbocycles. The van der Waals surface area contributed by atoms with Gasteiger partial charge in [-0.15, -0.1) is 11.3 Å². The molecule has 3 N–H and O–H groups in total. The first kappa shape index (κ1) is 19.8. The zero-order valence-corrected chi connectivity index (χ0v) is 18.8. The molecular weight excluding hydrogens is 430 g/mol. The monoisotopic (exact) mass is 451 g/mol. The molecule has 6 rings (SSSR count). The first-order valence-corrected chi connectivity index (χ1v) is 11.7. The number of pyridine rings is 3. The van der Waals surface area contributed by atoms with E-state index in [-0.39, 0.29) is 0 Å². The minimum absolute atomic E-state index is 0.751. The van der Waals surface area contributed by atoms with E-state index in [0.717, 1.165) is 68.7 Å². The summed E-state index contributed by atoms with van der Waals surface area (Å²) in [5.74, 6) is 0. The first-order valence-electron chi connectivity index (χ1n) is 10.8. The van der Waals surface area contributed by atoms with Crippen LogP contribution in [0.2, 0.25) is 0 Å². The third kappa shape index (κ3) is 3.59. The zero-order valence-electron chi connectivity index (χ0n) is 18.0. The van der Waals surface area contributed by atoms with Gasteiger partial charge in [-0.2, -0.15) is 5.10 Å². The summed E-state index contributed by atoms with van der Waals surface area (Å²) >= 11 is 1.71. The number of hydrogen-bond donors (Lipinski definition) is 3. The SMILES string of the molecule is CCNCc1cncc(-c2cnc3[nH]nc(-c4cc5c(-c6cccs6)cncc5[nH]4)c3c2)c1. The van der Waals surface area contributed by atoms with Crippen molar-refractivity contribution >= 4 is 33.3 Å². The van der Waals surface area contributed by atoms with Gasteiger partial charge in [-0.3, -0.25) is 15.1 Å². The topological polar surface area (TPSA) is 95.2 Å². The minimum Gasteiger partial charge on any atom is -0.352 e. The molecule has 6 heterocycles. The van der Waals surface area contributed by atoms with Crippen LogP contribution >= 0.6 is 11.3 Å². The van der Waals surface area contributed by atoms with Crippen LogP contribution in [-0.2, 0) is 6.54 Å². The quantitative estimate of drug-likeness (QED) is 0.315. The Hall–Kier alpha value is -3.88. The highest BCUT2D eigenvalue weighted by Gasteiger charge is 2.15. The second-order valence-electron chi connectivity index (χ2n) is 7.86. The summed E-state index contributed by atoms with van der Waals surface area (Å²) in [7, 11) is 0. The average Bonchev–Trinajstić information content (AvgIpc) is 3.61. The molecule has 33 heavy (non-hydrogen) atoms. The molecule has 0 saturated heterocycles. The predicted octanol–water partition coefficient (Wildman–Crippen LogP) is 5.40. The van der Waals surface area contributed by atoms with Gasteiger partial charge in [-0.1, -0.05) is 13.0 Å². The van der Waals surface area contributed by atoms with Crippen LogP contribution in [0.4, 0.5) is 0 Å². The van der Waals surface area contributed by atoms with Crippen LogP contribution in [0.25, 0.3) is 54.9 Å². The first-order chi connectivity index (χ1) is 16.3. The number of hydrogen-bond acceptors (Lipinski definition) is 6. The van der Waals surface area contributed by atoms with E-state index in [1.807, 2.05) is 31.0 Å². The highest BCUT2D eigenvalue weighted by molar-refractivity contribution is 7.13.